The van der Waals surface area contributed by atoms with E-state index < -0.39 is 0 Å². The van der Waals surface area contributed by atoms with Gasteiger partial charge in [-0.2, -0.15) is 0 Å². The highest BCUT2D eigenvalue weighted by molar-refractivity contribution is 6.38. The maximum atomic E-state index is 12.4. The van der Waals surface area contributed by atoms with Crippen LogP contribution in [0.25, 0.3) is 11.1 Å². The lowest BCUT2D eigenvalue weighted by Crippen LogP contribution is -1.97. The lowest BCUT2D eigenvalue weighted by molar-refractivity contribution is -0.110. The number of hydrogen-bond donors (Lipinski definition) is 0. The van der Waals surface area contributed by atoms with Gasteiger partial charge in [0, 0.05) is 12.0 Å². The zero-order chi connectivity index (χ0) is 14.1. The number of benzene rings is 2. The van der Waals surface area contributed by atoms with Crippen molar-refractivity contribution in [2.75, 3.05) is 0 Å². The van der Waals surface area contributed by atoms with Crippen molar-refractivity contribution in [2.24, 2.45) is 0 Å². The standard InChI is InChI=1S/C19H16O/c1-13-8-10-15(11-9-13)17-12-14(2)19(20)18(17)16-6-4-3-5-7-16/h3-11H,2,12H2,1H3. The maximum absolute atomic E-state index is 12.4. The van der Waals surface area contributed by atoms with Crippen molar-refractivity contribution >= 4 is 16.9 Å². The highest BCUT2D eigenvalue weighted by atomic mass is 16.1. The molecule has 0 spiro atoms. The summed E-state index contributed by atoms with van der Waals surface area (Å²) in [7, 11) is 0. The van der Waals surface area contributed by atoms with E-state index in [1.165, 1.54) is 5.56 Å². The summed E-state index contributed by atoms with van der Waals surface area (Å²) < 4.78 is 0. The van der Waals surface area contributed by atoms with Crippen LogP contribution < -0.4 is 0 Å². The summed E-state index contributed by atoms with van der Waals surface area (Å²) in [4.78, 5) is 12.4. The van der Waals surface area contributed by atoms with Crippen LogP contribution in [0.1, 0.15) is 23.1 Å². The molecule has 0 aliphatic heterocycles. The monoisotopic (exact) mass is 260 g/mol. The van der Waals surface area contributed by atoms with E-state index in [9.17, 15) is 4.79 Å². The normalized spacial score (nSPS) is 15.1. The number of hydrogen-bond acceptors (Lipinski definition) is 1. The molecule has 2 aromatic carbocycles. The van der Waals surface area contributed by atoms with Crippen LogP contribution >= 0.6 is 0 Å². The van der Waals surface area contributed by atoms with Gasteiger partial charge >= 0.3 is 0 Å². The number of rotatable bonds is 2. The summed E-state index contributed by atoms with van der Waals surface area (Å²) in [6, 6.07) is 18.2. The fourth-order valence-electron chi connectivity index (χ4n) is 2.61. The average Bonchev–Trinajstić information content (AvgIpc) is 2.77. The van der Waals surface area contributed by atoms with Crippen LogP contribution in [0, 0.1) is 6.92 Å². The lowest BCUT2D eigenvalue weighted by Gasteiger charge is -2.07. The van der Waals surface area contributed by atoms with Gasteiger partial charge in [-0.3, -0.25) is 4.79 Å². The van der Waals surface area contributed by atoms with E-state index in [4.69, 9.17) is 0 Å². The molecule has 0 aromatic heterocycles. The second-order valence-corrected chi connectivity index (χ2v) is 5.20. The number of Topliss-reactive ketones (excluding diaryl/α,β-unsaturated/α-hetero) is 1. The molecular formula is C19H16O. The van der Waals surface area contributed by atoms with Crippen LogP contribution in [0.2, 0.25) is 0 Å². The Morgan fingerprint density at radius 1 is 0.900 bits per heavy atom. The van der Waals surface area contributed by atoms with Crippen LogP contribution in [-0.4, -0.2) is 5.78 Å². The van der Waals surface area contributed by atoms with Gasteiger partial charge in [-0.05, 0) is 29.2 Å². The second-order valence-electron chi connectivity index (χ2n) is 5.20. The first-order valence-electron chi connectivity index (χ1n) is 6.75. The van der Waals surface area contributed by atoms with Crippen molar-refractivity contribution < 1.29 is 4.79 Å². The number of carbonyl (C=O) groups excluding carboxylic acids is 1. The molecule has 3 rings (SSSR count). The van der Waals surface area contributed by atoms with Crippen molar-refractivity contribution in [3.05, 3.63) is 83.4 Å². The molecule has 20 heavy (non-hydrogen) atoms. The van der Waals surface area contributed by atoms with E-state index >= 15 is 0 Å². The van der Waals surface area contributed by atoms with E-state index in [0.717, 1.165) is 22.3 Å². The van der Waals surface area contributed by atoms with Crippen LogP contribution in [0.5, 0.6) is 0 Å². The summed E-state index contributed by atoms with van der Waals surface area (Å²) in [6.45, 7) is 5.98. The maximum Gasteiger partial charge on any atom is 0.189 e. The fourth-order valence-corrected chi connectivity index (χ4v) is 2.61. The summed E-state index contributed by atoms with van der Waals surface area (Å²) in [6.07, 6.45) is 0.645. The smallest absolute Gasteiger partial charge is 0.189 e. The van der Waals surface area contributed by atoms with Crippen molar-refractivity contribution in [3.63, 3.8) is 0 Å². The predicted molar refractivity (Wildman–Crippen MR) is 83.2 cm³/mol. The minimum Gasteiger partial charge on any atom is -0.289 e. The van der Waals surface area contributed by atoms with Gasteiger partial charge in [0.05, 0.1) is 0 Å². The molecule has 0 radical (unpaired) electrons. The van der Waals surface area contributed by atoms with Crippen LogP contribution in [0.4, 0.5) is 0 Å². The van der Waals surface area contributed by atoms with Crippen molar-refractivity contribution in [3.8, 4) is 0 Å². The summed E-state index contributed by atoms with van der Waals surface area (Å²) in [5.41, 5.74) is 5.89. The number of ketones is 1. The largest absolute Gasteiger partial charge is 0.289 e. The molecule has 0 fully saturated rings. The number of carbonyl (C=O) groups is 1. The Labute approximate surface area is 119 Å². The minimum atomic E-state index is 0.0757. The first-order chi connectivity index (χ1) is 9.66. The molecule has 0 saturated carbocycles. The molecule has 1 aliphatic carbocycles. The Morgan fingerprint density at radius 3 is 2.20 bits per heavy atom. The molecule has 0 unspecified atom stereocenters. The SMILES string of the molecule is C=C1CC(c2ccc(C)cc2)=C(c2ccccc2)C1=O. The van der Waals surface area contributed by atoms with Crippen LogP contribution in [0.3, 0.4) is 0 Å². The van der Waals surface area contributed by atoms with Crippen LogP contribution in [-0.2, 0) is 4.79 Å². The Balaban J connectivity index is 2.18. The molecule has 0 N–H and O–H groups in total. The zero-order valence-corrected chi connectivity index (χ0v) is 11.5. The third-order valence-corrected chi connectivity index (χ3v) is 3.70. The van der Waals surface area contributed by atoms with Gasteiger partial charge in [0.1, 0.15) is 0 Å². The van der Waals surface area contributed by atoms with E-state index in [0.29, 0.717) is 12.0 Å². The number of aryl methyl sites for hydroxylation is 1. The van der Waals surface area contributed by atoms with Gasteiger partial charge in [-0.15, -0.1) is 0 Å². The second kappa shape index (κ2) is 4.93. The molecule has 1 aliphatic rings. The quantitative estimate of drug-likeness (QED) is 0.730. The van der Waals surface area contributed by atoms with Crippen molar-refractivity contribution in [2.45, 2.75) is 13.3 Å². The van der Waals surface area contributed by atoms with Gasteiger partial charge in [0.2, 0.25) is 0 Å². The minimum absolute atomic E-state index is 0.0757. The fraction of sp³-hybridized carbons (Fsp3) is 0.105. The lowest BCUT2D eigenvalue weighted by atomic mass is 9.96. The Bertz CT molecular complexity index is 703. The van der Waals surface area contributed by atoms with Gasteiger partial charge < -0.3 is 0 Å². The van der Waals surface area contributed by atoms with Gasteiger partial charge in [-0.1, -0.05) is 66.7 Å². The van der Waals surface area contributed by atoms with Crippen molar-refractivity contribution in [1.29, 1.82) is 0 Å². The highest BCUT2D eigenvalue weighted by Gasteiger charge is 2.28. The van der Waals surface area contributed by atoms with E-state index in [1.54, 1.807) is 0 Å². The Morgan fingerprint density at radius 2 is 1.55 bits per heavy atom. The average molecular weight is 260 g/mol. The molecule has 1 heteroatoms. The third-order valence-electron chi connectivity index (χ3n) is 3.70. The molecular weight excluding hydrogens is 244 g/mol. The first-order valence-corrected chi connectivity index (χ1v) is 6.75. The van der Waals surface area contributed by atoms with Gasteiger partial charge in [0.15, 0.2) is 5.78 Å². The van der Waals surface area contributed by atoms with Crippen LogP contribution in [0.15, 0.2) is 66.7 Å². The highest BCUT2D eigenvalue weighted by Crippen LogP contribution is 2.39. The molecule has 0 saturated heterocycles. The van der Waals surface area contributed by atoms with Gasteiger partial charge in [0.25, 0.3) is 0 Å². The number of allylic oxidation sites excluding steroid dienone is 3. The molecule has 98 valence electrons. The molecule has 2 aromatic rings. The topological polar surface area (TPSA) is 17.1 Å². The summed E-state index contributed by atoms with van der Waals surface area (Å²) in [5, 5.41) is 0. The molecule has 0 heterocycles. The van der Waals surface area contributed by atoms with E-state index in [-0.39, 0.29) is 5.78 Å². The van der Waals surface area contributed by atoms with E-state index in [2.05, 4.69) is 37.8 Å². The molecule has 1 nitrogen and oxygen atoms in total. The molecule has 0 amide bonds. The van der Waals surface area contributed by atoms with Crippen molar-refractivity contribution in [1.82, 2.24) is 0 Å². The Hall–Kier alpha value is -2.41. The predicted octanol–water partition coefficient (Wildman–Crippen LogP) is 4.43. The zero-order valence-electron chi connectivity index (χ0n) is 11.5. The summed E-state index contributed by atoms with van der Waals surface area (Å²) in [5.74, 6) is 0.0757. The molecule has 0 bridgehead atoms. The molecule has 0 atom stereocenters. The Kier molecular flexibility index (Phi) is 3.11. The summed E-state index contributed by atoms with van der Waals surface area (Å²) >= 11 is 0. The van der Waals surface area contributed by atoms with Gasteiger partial charge in [-0.25, -0.2) is 0 Å². The first kappa shape index (κ1) is 12.6. The van der Waals surface area contributed by atoms with E-state index in [1.807, 2.05) is 30.3 Å². The third kappa shape index (κ3) is 2.12.